The van der Waals surface area contributed by atoms with Crippen molar-refractivity contribution in [2.24, 2.45) is 11.3 Å². The van der Waals surface area contributed by atoms with Gasteiger partial charge < -0.3 is 15.3 Å². The topological polar surface area (TPSA) is 35.5 Å². The Balaban J connectivity index is 2.42. The Bertz CT molecular complexity index is 254. The molecule has 19 heavy (non-hydrogen) atoms. The highest BCUT2D eigenvalue weighted by molar-refractivity contribution is 4.85. The van der Waals surface area contributed by atoms with Crippen LogP contribution in [0.5, 0.6) is 0 Å². The first-order valence-electron chi connectivity index (χ1n) is 7.86. The molecule has 1 atom stereocenters. The maximum absolute atomic E-state index is 9.20. The number of aliphatic hydroxyl groups excluding tert-OH is 1. The van der Waals surface area contributed by atoms with Crippen molar-refractivity contribution in [1.82, 2.24) is 10.2 Å². The molecule has 1 fully saturated rings. The van der Waals surface area contributed by atoms with Gasteiger partial charge in [0.25, 0.3) is 0 Å². The van der Waals surface area contributed by atoms with E-state index in [1.54, 1.807) is 0 Å². The standard InChI is InChI=1S/C16H34N2O/c1-6-16(5,12-17-15(2,3)4)13-18-9-7-14(11-19)8-10-18/h14,17,19H,6-13H2,1-5H3. The number of piperidine rings is 1. The molecule has 0 spiro atoms. The van der Waals surface area contributed by atoms with Crippen molar-refractivity contribution in [1.29, 1.82) is 0 Å². The van der Waals surface area contributed by atoms with Crippen LogP contribution < -0.4 is 5.32 Å². The Morgan fingerprint density at radius 1 is 1.16 bits per heavy atom. The molecular formula is C16H34N2O. The lowest BCUT2D eigenvalue weighted by atomic mass is 9.84. The van der Waals surface area contributed by atoms with Gasteiger partial charge in [-0.05, 0) is 64.5 Å². The zero-order valence-corrected chi connectivity index (χ0v) is 13.6. The highest BCUT2D eigenvalue weighted by atomic mass is 16.3. The Labute approximate surface area is 119 Å². The Hall–Kier alpha value is -0.120. The van der Waals surface area contributed by atoms with Crippen molar-refractivity contribution in [3.05, 3.63) is 0 Å². The number of likely N-dealkylation sites (tertiary alicyclic amines) is 1. The van der Waals surface area contributed by atoms with E-state index in [9.17, 15) is 5.11 Å². The van der Waals surface area contributed by atoms with Crippen LogP contribution in [0.4, 0.5) is 0 Å². The van der Waals surface area contributed by atoms with Gasteiger partial charge in [0.1, 0.15) is 0 Å². The molecule has 3 nitrogen and oxygen atoms in total. The molecule has 1 aliphatic rings. The van der Waals surface area contributed by atoms with Crippen LogP contribution in [0, 0.1) is 11.3 Å². The minimum atomic E-state index is 0.195. The Morgan fingerprint density at radius 3 is 2.16 bits per heavy atom. The average molecular weight is 270 g/mol. The second-order valence-electron chi connectivity index (χ2n) is 7.67. The van der Waals surface area contributed by atoms with Gasteiger partial charge in [0, 0.05) is 25.2 Å². The fraction of sp³-hybridized carbons (Fsp3) is 1.00. The molecule has 1 saturated heterocycles. The van der Waals surface area contributed by atoms with Crippen molar-refractivity contribution in [2.45, 2.75) is 59.4 Å². The fourth-order valence-electron chi connectivity index (χ4n) is 2.64. The monoisotopic (exact) mass is 270 g/mol. The van der Waals surface area contributed by atoms with Gasteiger partial charge >= 0.3 is 0 Å². The molecule has 0 aliphatic carbocycles. The molecule has 3 heteroatoms. The van der Waals surface area contributed by atoms with Crippen molar-refractivity contribution >= 4 is 0 Å². The summed E-state index contributed by atoms with van der Waals surface area (Å²) in [6, 6.07) is 0. The van der Waals surface area contributed by atoms with Crippen molar-refractivity contribution in [2.75, 3.05) is 32.8 Å². The molecule has 1 heterocycles. The molecule has 0 aromatic carbocycles. The van der Waals surface area contributed by atoms with Crippen LogP contribution in [0.2, 0.25) is 0 Å². The third-order valence-corrected chi connectivity index (χ3v) is 4.47. The summed E-state index contributed by atoms with van der Waals surface area (Å²) in [6.07, 6.45) is 3.52. The van der Waals surface area contributed by atoms with Gasteiger partial charge in [-0.25, -0.2) is 0 Å². The number of nitrogens with one attached hydrogen (secondary N) is 1. The van der Waals surface area contributed by atoms with Gasteiger partial charge in [-0.2, -0.15) is 0 Å². The van der Waals surface area contributed by atoms with Gasteiger partial charge in [0.2, 0.25) is 0 Å². The maximum atomic E-state index is 9.20. The molecule has 0 aromatic heterocycles. The zero-order valence-electron chi connectivity index (χ0n) is 13.6. The van der Waals surface area contributed by atoms with Gasteiger partial charge in [-0.15, -0.1) is 0 Å². The zero-order chi connectivity index (χ0) is 14.5. The van der Waals surface area contributed by atoms with E-state index in [4.69, 9.17) is 0 Å². The number of rotatable bonds is 6. The molecule has 0 radical (unpaired) electrons. The lowest BCUT2D eigenvalue weighted by Gasteiger charge is -2.40. The number of aliphatic hydroxyl groups is 1. The quantitative estimate of drug-likeness (QED) is 0.778. The van der Waals surface area contributed by atoms with Crippen LogP contribution in [0.1, 0.15) is 53.9 Å². The van der Waals surface area contributed by atoms with Gasteiger partial charge in [-0.1, -0.05) is 13.8 Å². The molecule has 0 saturated carbocycles. The summed E-state index contributed by atoms with van der Waals surface area (Å²) in [5.74, 6) is 0.539. The van der Waals surface area contributed by atoms with E-state index in [-0.39, 0.29) is 5.54 Å². The molecule has 0 amide bonds. The summed E-state index contributed by atoms with van der Waals surface area (Å²) >= 11 is 0. The van der Waals surface area contributed by atoms with E-state index >= 15 is 0 Å². The second kappa shape index (κ2) is 7.05. The summed E-state index contributed by atoms with van der Waals surface area (Å²) < 4.78 is 0. The largest absolute Gasteiger partial charge is 0.396 e. The third kappa shape index (κ3) is 6.24. The summed E-state index contributed by atoms with van der Waals surface area (Å²) in [5, 5.41) is 12.9. The van der Waals surface area contributed by atoms with E-state index in [1.807, 2.05) is 0 Å². The predicted octanol–water partition coefficient (Wildman–Crippen LogP) is 2.50. The maximum Gasteiger partial charge on any atom is 0.0460 e. The number of hydrogen-bond donors (Lipinski definition) is 2. The summed E-state index contributed by atoms with van der Waals surface area (Å²) in [7, 11) is 0. The van der Waals surface area contributed by atoms with Crippen molar-refractivity contribution in [3.8, 4) is 0 Å². The van der Waals surface area contributed by atoms with E-state index in [1.165, 1.54) is 13.0 Å². The molecular weight excluding hydrogens is 236 g/mol. The number of hydrogen-bond acceptors (Lipinski definition) is 3. The van der Waals surface area contributed by atoms with Crippen LogP contribution in [0.25, 0.3) is 0 Å². The summed E-state index contributed by atoms with van der Waals surface area (Å²) in [5.41, 5.74) is 0.541. The van der Waals surface area contributed by atoms with E-state index < -0.39 is 0 Å². The van der Waals surface area contributed by atoms with Crippen LogP contribution in [-0.2, 0) is 0 Å². The van der Waals surface area contributed by atoms with Crippen LogP contribution in [0.15, 0.2) is 0 Å². The summed E-state index contributed by atoms with van der Waals surface area (Å²) in [6.45, 7) is 16.3. The minimum Gasteiger partial charge on any atom is -0.396 e. The molecule has 0 bridgehead atoms. The van der Waals surface area contributed by atoms with E-state index in [0.29, 0.717) is 17.9 Å². The number of nitrogens with zero attached hydrogens (tertiary/aromatic N) is 1. The smallest absolute Gasteiger partial charge is 0.0460 e. The minimum absolute atomic E-state index is 0.195. The van der Waals surface area contributed by atoms with Gasteiger partial charge in [0.15, 0.2) is 0 Å². The van der Waals surface area contributed by atoms with Crippen LogP contribution in [0.3, 0.4) is 0 Å². The van der Waals surface area contributed by atoms with Crippen LogP contribution in [-0.4, -0.2) is 48.3 Å². The molecule has 2 N–H and O–H groups in total. The lowest BCUT2D eigenvalue weighted by molar-refractivity contribution is 0.0892. The highest BCUT2D eigenvalue weighted by Crippen LogP contribution is 2.26. The molecule has 114 valence electrons. The first-order valence-corrected chi connectivity index (χ1v) is 7.86. The third-order valence-electron chi connectivity index (χ3n) is 4.47. The van der Waals surface area contributed by atoms with Crippen molar-refractivity contribution < 1.29 is 5.11 Å². The molecule has 0 aromatic rings. The fourth-order valence-corrected chi connectivity index (χ4v) is 2.64. The average Bonchev–Trinajstić information content (AvgIpc) is 2.37. The Morgan fingerprint density at radius 2 is 1.74 bits per heavy atom. The SMILES string of the molecule is CCC(C)(CNC(C)(C)C)CN1CCC(CO)CC1. The van der Waals surface area contributed by atoms with E-state index in [2.05, 4.69) is 44.8 Å². The van der Waals surface area contributed by atoms with Crippen LogP contribution >= 0.6 is 0 Å². The van der Waals surface area contributed by atoms with Gasteiger partial charge in [0.05, 0.1) is 0 Å². The lowest BCUT2D eigenvalue weighted by Crippen LogP contribution is -2.48. The molecule has 1 unspecified atom stereocenters. The predicted molar refractivity (Wildman–Crippen MR) is 82.4 cm³/mol. The summed E-state index contributed by atoms with van der Waals surface area (Å²) in [4.78, 5) is 2.58. The second-order valence-corrected chi connectivity index (χ2v) is 7.67. The van der Waals surface area contributed by atoms with E-state index in [0.717, 1.165) is 32.5 Å². The molecule has 1 rings (SSSR count). The normalized spacial score (nSPS) is 22.4. The first kappa shape index (κ1) is 16.9. The first-order chi connectivity index (χ1) is 8.78. The van der Waals surface area contributed by atoms with Crippen molar-refractivity contribution in [3.63, 3.8) is 0 Å². The Kier molecular flexibility index (Phi) is 6.28. The highest BCUT2D eigenvalue weighted by Gasteiger charge is 2.28. The molecule has 1 aliphatic heterocycles. The van der Waals surface area contributed by atoms with Gasteiger partial charge in [-0.3, -0.25) is 0 Å².